The normalized spacial score (nSPS) is 12.5. The lowest BCUT2D eigenvalue weighted by molar-refractivity contribution is -0.118. The molecule has 0 bridgehead atoms. The van der Waals surface area contributed by atoms with Crippen molar-refractivity contribution in [2.45, 2.75) is 12.3 Å². The molecule has 4 heteroatoms. The van der Waals surface area contributed by atoms with Crippen LogP contribution < -0.4 is 0 Å². The van der Waals surface area contributed by atoms with E-state index in [0.29, 0.717) is 11.4 Å². The number of aromatic nitrogens is 1. The van der Waals surface area contributed by atoms with Gasteiger partial charge >= 0.3 is 0 Å². The summed E-state index contributed by atoms with van der Waals surface area (Å²) < 4.78 is 0. The molecule has 0 amide bonds. The number of ketones is 1. The third-order valence-electron chi connectivity index (χ3n) is 3.87. The Labute approximate surface area is 139 Å². The average Bonchev–Trinajstić information content (AvgIpc) is 2.97. The van der Waals surface area contributed by atoms with Gasteiger partial charge < -0.3 is 4.98 Å². The highest BCUT2D eigenvalue weighted by Gasteiger charge is 2.23. The molecular weight excluding hydrogens is 317 g/mol. The highest BCUT2D eigenvalue weighted by molar-refractivity contribution is 6.30. The van der Waals surface area contributed by atoms with Gasteiger partial charge in [-0.05, 0) is 35.7 Å². The molecule has 112 valence electrons. The van der Waals surface area contributed by atoms with Crippen LogP contribution in [-0.2, 0) is 11.2 Å². The first-order valence-electron chi connectivity index (χ1n) is 7.08. The average molecular weight is 332 g/mol. The zero-order chi connectivity index (χ0) is 15.5. The van der Waals surface area contributed by atoms with Crippen molar-refractivity contribution in [3.05, 3.63) is 70.9 Å². The molecule has 3 rings (SSSR count). The fourth-order valence-electron chi connectivity index (χ4n) is 2.73. The number of carbonyl (C=O) groups is 1. The number of hydrogen-bond acceptors (Lipinski definition) is 1. The van der Waals surface area contributed by atoms with Crippen LogP contribution in [0.5, 0.6) is 0 Å². The predicted octanol–water partition coefficient (Wildman–Crippen LogP) is 4.96. The van der Waals surface area contributed by atoms with Crippen molar-refractivity contribution in [3.63, 3.8) is 0 Å². The summed E-state index contributed by atoms with van der Waals surface area (Å²) in [5.74, 6) is -0.214. The number of benzene rings is 2. The number of H-pyrrole nitrogens is 1. The summed E-state index contributed by atoms with van der Waals surface area (Å²) >= 11 is 11.7. The molecule has 0 saturated heterocycles. The molecule has 1 heterocycles. The van der Waals surface area contributed by atoms with Crippen molar-refractivity contribution in [3.8, 4) is 0 Å². The molecule has 2 nitrogen and oxygen atoms in total. The zero-order valence-corrected chi connectivity index (χ0v) is 13.4. The third-order valence-corrected chi connectivity index (χ3v) is 4.39. The highest BCUT2D eigenvalue weighted by atomic mass is 35.5. The first kappa shape index (κ1) is 15.1. The van der Waals surface area contributed by atoms with Gasteiger partial charge in [0.25, 0.3) is 0 Å². The van der Waals surface area contributed by atoms with Crippen LogP contribution in [0.3, 0.4) is 0 Å². The Hall–Kier alpha value is -1.77. The molecule has 0 radical (unpaired) electrons. The maximum atomic E-state index is 12.4. The predicted molar refractivity (Wildman–Crippen MR) is 91.9 cm³/mol. The Morgan fingerprint density at radius 1 is 1.09 bits per heavy atom. The van der Waals surface area contributed by atoms with E-state index in [2.05, 4.69) is 4.98 Å². The van der Waals surface area contributed by atoms with Gasteiger partial charge in [-0.3, -0.25) is 4.79 Å². The number of aromatic amines is 1. The van der Waals surface area contributed by atoms with Crippen LogP contribution in [0.1, 0.15) is 17.0 Å². The number of nitrogens with one attached hydrogen (secondary N) is 1. The Kier molecular flexibility index (Phi) is 4.51. The second-order valence-corrected chi connectivity index (χ2v) is 5.98. The molecule has 0 saturated carbocycles. The summed E-state index contributed by atoms with van der Waals surface area (Å²) in [6, 6.07) is 15.6. The maximum Gasteiger partial charge on any atom is 0.155 e. The number of carbonyl (C=O) groups excluding carboxylic acids is 1. The maximum absolute atomic E-state index is 12.4. The number of fused-ring (bicyclic) bond motifs is 1. The van der Waals surface area contributed by atoms with Crippen molar-refractivity contribution < 1.29 is 4.79 Å². The standard InChI is InChI=1S/C18H15Cl2NO/c19-10-18(22)15(9-12-5-7-13(20)8-6-12)16-11-21-17-4-2-1-3-14(16)17/h1-8,11,15,21H,9-10H2. The summed E-state index contributed by atoms with van der Waals surface area (Å²) in [6.45, 7) is 0. The van der Waals surface area contributed by atoms with E-state index in [0.717, 1.165) is 22.0 Å². The van der Waals surface area contributed by atoms with Gasteiger partial charge in [0, 0.05) is 22.1 Å². The fourth-order valence-corrected chi connectivity index (χ4v) is 3.04. The first-order valence-corrected chi connectivity index (χ1v) is 7.99. The highest BCUT2D eigenvalue weighted by Crippen LogP contribution is 2.29. The lowest BCUT2D eigenvalue weighted by Crippen LogP contribution is -2.16. The van der Waals surface area contributed by atoms with Crippen LogP contribution in [0.25, 0.3) is 10.9 Å². The van der Waals surface area contributed by atoms with Crippen LogP contribution in [-0.4, -0.2) is 16.6 Å². The molecule has 0 aliphatic heterocycles. The molecule has 1 atom stereocenters. The van der Waals surface area contributed by atoms with Gasteiger partial charge in [0.15, 0.2) is 5.78 Å². The van der Waals surface area contributed by atoms with Crippen molar-refractivity contribution in [2.24, 2.45) is 0 Å². The van der Waals surface area contributed by atoms with Crippen LogP contribution >= 0.6 is 23.2 Å². The van der Waals surface area contributed by atoms with E-state index in [4.69, 9.17) is 23.2 Å². The zero-order valence-electron chi connectivity index (χ0n) is 11.9. The number of alkyl halides is 1. The molecule has 0 aliphatic rings. The minimum Gasteiger partial charge on any atom is -0.361 e. The van der Waals surface area contributed by atoms with E-state index < -0.39 is 0 Å². The summed E-state index contributed by atoms with van der Waals surface area (Å²) in [6.07, 6.45) is 2.53. The molecular formula is C18H15Cl2NO. The summed E-state index contributed by atoms with van der Waals surface area (Å²) in [5.41, 5.74) is 3.09. The fraction of sp³-hybridized carbons (Fsp3) is 0.167. The van der Waals surface area contributed by atoms with Crippen LogP contribution in [0.2, 0.25) is 5.02 Å². The van der Waals surface area contributed by atoms with Crippen LogP contribution in [0.15, 0.2) is 54.7 Å². The number of rotatable bonds is 5. The molecule has 1 N–H and O–H groups in total. The van der Waals surface area contributed by atoms with Gasteiger partial charge in [-0.1, -0.05) is 41.9 Å². The van der Waals surface area contributed by atoms with Crippen LogP contribution in [0, 0.1) is 0 Å². The van der Waals surface area contributed by atoms with Crippen molar-refractivity contribution in [2.75, 3.05) is 5.88 Å². The van der Waals surface area contributed by atoms with E-state index >= 15 is 0 Å². The van der Waals surface area contributed by atoms with Gasteiger partial charge in [-0.25, -0.2) is 0 Å². The minimum absolute atomic E-state index is 0.0117. The van der Waals surface area contributed by atoms with Crippen molar-refractivity contribution >= 4 is 39.9 Å². The van der Waals surface area contributed by atoms with Crippen LogP contribution in [0.4, 0.5) is 0 Å². The first-order chi connectivity index (χ1) is 10.7. The van der Waals surface area contributed by atoms with E-state index in [1.807, 2.05) is 54.7 Å². The summed E-state index contributed by atoms with van der Waals surface area (Å²) in [7, 11) is 0. The number of hydrogen-bond donors (Lipinski definition) is 1. The Morgan fingerprint density at radius 2 is 1.82 bits per heavy atom. The third kappa shape index (κ3) is 3.03. The van der Waals surface area contributed by atoms with Crippen molar-refractivity contribution in [1.29, 1.82) is 0 Å². The molecule has 2 aromatic carbocycles. The second kappa shape index (κ2) is 6.55. The minimum atomic E-state index is -0.255. The van der Waals surface area contributed by atoms with E-state index in [1.54, 1.807) is 0 Å². The van der Waals surface area contributed by atoms with E-state index in [1.165, 1.54) is 0 Å². The molecule has 1 aromatic heterocycles. The Morgan fingerprint density at radius 3 is 2.55 bits per heavy atom. The second-order valence-electron chi connectivity index (χ2n) is 5.27. The SMILES string of the molecule is O=C(CCl)C(Cc1ccc(Cl)cc1)c1c[nH]c2ccccc12. The van der Waals surface area contributed by atoms with Gasteiger partial charge in [0.2, 0.25) is 0 Å². The lowest BCUT2D eigenvalue weighted by atomic mass is 9.89. The van der Waals surface area contributed by atoms with Gasteiger partial charge in [-0.2, -0.15) is 0 Å². The Balaban J connectivity index is 1.99. The molecule has 0 spiro atoms. The van der Waals surface area contributed by atoms with Gasteiger partial charge in [0.1, 0.15) is 0 Å². The summed E-state index contributed by atoms with van der Waals surface area (Å²) in [5, 5.41) is 1.76. The number of halogens is 2. The largest absolute Gasteiger partial charge is 0.361 e. The molecule has 0 fully saturated rings. The smallest absolute Gasteiger partial charge is 0.155 e. The van der Waals surface area contributed by atoms with E-state index in [-0.39, 0.29) is 17.6 Å². The number of para-hydroxylation sites is 1. The van der Waals surface area contributed by atoms with Gasteiger partial charge in [0.05, 0.1) is 11.8 Å². The molecule has 3 aromatic rings. The topological polar surface area (TPSA) is 32.9 Å². The van der Waals surface area contributed by atoms with Crippen molar-refractivity contribution in [1.82, 2.24) is 4.98 Å². The quantitative estimate of drug-likeness (QED) is 0.659. The Bertz CT molecular complexity index is 792. The molecule has 0 aliphatic carbocycles. The van der Waals surface area contributed by atoms with Gasteiger partial charge in [-0.15, -0.1) is 11.6 Å². The lowest BCUT2D eigenvalue weighted by Gasteiger charge is -2.14. The van der Waals surface area contributed by atoms with E-state index in [9.17, 15) is 4.79 Å². The monoisotopic (exact) mass is 331 g/mol. The molecule has 1 unspecified atom stereocenters. The summed E-state index contributed by atoms with van der Waals surface area (Å²) in [4.78, 5) is 15.6. The number of Topliss-reactive ketones (excluding diaryl/α,β-unsaturated/α-hetero) is 1. The molecule has 22 heavy (non-hydrogen) atoms.